The van der Waals surface area contributed by atoms with Crippen LogP contribution < -0.4 is 5.73 Å². The summed E-state index contributed by atoms with van der Waals surface area (Å²) < 4.78 is 8.85. The van der Waals surface area contributed by atoms with Crippen molar-refractivity contribution in [2.24, 2.45) is 17.6 Å². The minimum Gasteiger partial charge on any atom is -0.450 e. The fourth-order valence-corrected chi connectivity index (χ4v) is 2.29. The number of ether oxygens (including phenoxy) is 2. The Hall–Kier alpha value is -1.83. The van der Waals surface area contributed by atoms with E-state index in [1.807, 2.05) is 0 Å². The van der Waals surface area contributed by atoms with Crippen LogP contribution >= 0.6 is 0 Å². The Balaban J connectivity index is 2.11. The van der Waals surface area contributed by atoms with Crippen LogP contribution in [-0.4, -0.2) is 40.1 Å². The molecule has 4 atom stereocenters. The van der Waals surface area contributed by atoms with E-state index >= 15 is 0 Å². The van der Waals surface area contributed by atoms with E-state index in [-0.39, 0.29) is 12.2 Å². The maximum absolute atomic E-state index is 11.4. The third-order valence-electron chi connectivity index (χ3n) is 2.85. The number of fused-ring (bicyclic) bond motifs is 1. The molecule has 8 nitrogen and oxygen atoms in total. The summed E-state index contributed by atoms with van der Waals surface area (Å²) in [6.45, 7) is 0. The van der Waals surface area contributed by atoms with Gasteiger partial charge < -0.3 is 19.7 Å². The first-order valence-electron chi connectivity index (χ1n) is 4.48. The Labute approximate surface area is 88.9 Å². The van der Waals surface area contributed by atoms with Crippen LogP contribution in [0.4, 0.5) is 9.59 Å². The van der Waals surface area contributed by atoms with Crippen molar-refractivity contribution in [2.45, 2.75) is 18.2 Å². The SMILES string of the molecule is NC1(OC(=O)O)CC(=O)C2C(OC(=O)O)C21. The van der Waals surface area contributed by atoms with Gasteiger partial charge in [-0.2, -0.15) is 0 Å². The molecule has 16 heavy (non-hydrogen) atoms. The first kappa shape index (κ1) is 10.7. The van der Waals surface area contributed by atoms with E-state index in [2.05, 4.69) is 9.47 Å². The summed E-state index contributed by atoms with van der Waals surface area (Å²) in [5.74, 6) is -1.70. The molecule has 0 aromatic heterocycles. The van der Waals surface area contributed by atoms with Crippen LogP contribution in [0.2, 0.25) is 0 Å². The Bertz CT molecular complexity index is 381. The van der Waals surface area contributed by atoms with Crippen LogP contribution in [0.15, 0.2) is 0 Å². The number of carbonyl (C=O) groups is 3. The van der Waals surface area contributed by atoms with E-state index in [0.717, 1.165) is 0 Å². The highest BCUT2D eigenvalue weighted by molar-refractivity contribution is 5.90. The third-order valence-corrected chi connectivity index (χ3v) is 2.85. The number of hydrogen-bond acceptors (Lipinski definition) is 6. The molecule has 4 N–H and O–H groups in total. The molecule has 0 bridgehead atoms. The van der Waals surface area contributed by atoms with Crippen molar-refractivity contribution in [2.75, 3.05) is 0 Å². The highest BCUT2D eigenvalue weighted by atomic mass is 16.7. The van der Waals surface area contributed by atoms with Gasteiger partial charge in [-0.15, -0.1) is 0 Å². The van der Waals surface area contributed by atoms with E-state index in [9.17, 15) is 14.4 Å². The molecular weight excluding hydrogens is 222 g/mol. The fourth-order valence-electron chi connectivity index (χ4n) is 2.29. The van der Waals surface area contributed by atoms with Crippen molar-refractivity contribution in [1.29, 1.82) is 0 Å². The second-order valence-corrected chi connectivity index (χ2v) is 3.87. The average molecular weight is 231 g/mol. The smallest absolute Gasteiger partial charge is 0.450 e. The van der Waals surface area contributed by atoms with Gasteiger partial charge in [-0.25, -0.2) is 9.59 Å². The van der Waals surface area contributed by atoms with E-state index in [1.165, 1.54) is 0 Å². The molecule has 2 aliphatic carbocycles. The number of ketones is 1. The molecule has 0 spiro atoms. The lowest BCUT2D eigenvalue weighted by atomic mass is 10.1. The van der Waals surface area contributed by atoms with Gasteiger partial charge in [-0.05, 0) is 0 Å². The van der Waals surface area contributed by atoms with Crippen molar-refractivity contribution in [1.82, 2.24) is 0 Å². The molecule has 0 heterocycles. The Morgan fingerprint density at radius 2 is 2.00 bits per heavy atom. The summed E-state index contributed by atoms with van der Waals surface area (Å²) in [4.78, 5) is 32.1. The first-order chi connectivity index (χ1) is 7.35. The standard InChI is InChI=1S/C8H9NO7/c9-8(16-7(13)14)1-2(10)3-4(8)5(3)15-6(11)12/h3-5H,1,9H2,(H,11,12)(H,13,14). The van der Waals surface area contributed by atoms with Crippen LogP contribution in [0.1, 0.15) is 6.42 Å². The molecule has 2 fully saturated rings. The van der Waals surface area contributed by atoms with E-state index in [4.69, 9.17) is 15.9 Å². The Kier molecular flexibility index (Phi) is 2.06. The zero-order valence-corrected chi connectivity index (χ0v) is 7.95. The first-order valence-corrected chi connectivity index (χ1v) is 4.48. The predicted octanol–water partition coefficient (Wildman–Crippen LogP) is -0.382. The van der Waals surface area contributed by atoms with Crippen LogP contribution in [0.5, 0.6) is 0 Å². The summed E-state index contributed by atoms with van der Waals surface area (Å²) in [5, 5.41) is 16.8. The lowest BCUT2D eigenvalue weighted by Crippen LogP contribution is -2.47. The molecule has 0 aromatic carbocycles. The van der Waals surface area contributed by atoms with Crippen LogP contribution in [0.25, 0.3) is 0 Å². The molecule has 0 aromatic rings. The highest BCUT2D eigenvalue weighted by Crippen LogP contribution is 2.56. The predicted molar refractivity (Wildman–Crippen MR) is 45.5 cm³/mol. The van der Waals surface area contributed by atoms with E-state index < -0.39 is 36.0 Å². The quantitative estimate of drug-likeness (QED) is 0.432. The minimum atomic E-state index is -1.66. The van der Waals surface area contributed by atoms with E-state index in [1.54, 1.807) is 0 Å². The maximum atomic E-state index is 11.4. The number of Topliss-reactive ketones (excluding diaryl/α,β-unsaturated/α-hetero) is 1. The second kappa shape index (κ2) is 3.08. The summed E-state index contributed by atoms with van der Waals surface area (Å²) in [5.41, 5.74) is 3.95. The normalized spacial score (nSPS) is 40.1. The molecule has 0 saturated heterocycles. The van der Waals surface area contributed by atoms with Gasteiger partial charge in [-0.1, -0.05) is 0 Å². The van der Waals surface area contributed by atoms with Gasteiger partial charge in [-0.3, -0.25) is 10.5 Å². The number of nitrogens with two attached hydrogens (primary N) is 1. The number of hydrogen-bond donors (Lipinski definition) is 3. The summed E-state index contributed by atoms with van der Waals surface area (Å²) in [6, 6.07) is 0. The van der Waals surface area contributed by atoms with Gasteiger partial charge in [0.1, 0.15) is 11.9 Å². The van der Waals surface area contributed by atoms with Gasteiger partial charge in [0.25, 0.3) is 0 Å². The molecule has 2 aliphatic rings. The van der Waals surface area contributed by atoms with Gasteiger partial charge in [0.15, 0.2) is 5.72 Å². The van der Waals surface area contributed by atoms with Crippen molar-refractivity contribution >= 4 is 18.1 Å². The van der Waals surface area contributed by atoms with Crippen LogP contribution in [0, 0.1) is 11.8 Å². The largest absolute Gasteiger partial charge is 0.507 e. The van der Waals surface area contributed by atoms with Crippen molar-refractivity contribution in [3.63, 3.8) is 0 Å². The van der Waals surface area contributed by atoms with Gasteiger partial charge in [0.2, 0.25) is 0 Å². The number of carbonyl (C=O) groups excluding carboxylic acids is 1. The monoisotopic (exact) mass is 231 g/mol. The molecule has 0 amide bonds. The van der Waals surface area contributed by atoms with Crippen molar-refractivity contribution in [3.05, 3.63) is 0 Å². The average Bonchev–Trinajstić information content (AvgIpc) is 2.68. The number of rotatable bonds is 2. The van der Waals surface area contributed by atoms with Gasteiger partial charge in [0, 0.05) is 0 Å². The van der Waals surface area contributed by atoms with E-state index in [0.29, 0.717) is 0 Å². The molecule has 2 rings (SSSR count). The third kappa shape index (κ3) is 1.47. The lowest BCUT2D eigenvalue weighted by Gasteiger charge is -2.24. The summed E-state index contributed by atoms with van der Waals surface area (Å²) >= 11 is 0. The highest BCUT2D eigenvalue weighted by Gasteiger charge is 2.73. The second-order valence-electron chi connectivity index (χ2n) is 3.87. The molecule has 4 unspecified atom stereocenters. The van der Waals surface area contributed by atoms with Crippen LogP contribution in [0.3, 0.4) is 0 Å². The zero-order valence-electron chi connectivity index (χ0n) is 7.95. The minimum absolute atomic E-state index is 0.242. The lowest BCUT2D eigenvalue weighted by molar-refractivity contribution is -0.123. The molecule has 0 radical (unpaired) electrons. The van der Waals surface area contributed by atoms with Gasteiger partial charge >= 0.3 is 12.3 Å². The molecular formula is C8H9NO7. The Morgan fingerprint density at radius 1 is 1.38 bits per heavy atom. The summed E-state index contributed by atoms with van der Waals surface area (Å²) in [7, 11) is 0. The number of carboxylic acid groups (broad SMARTS) is 2. The maximum Gasteiger partial charge on any atom is 0.507 e. The van der Waals surface area contributed by atoms with Crippen LogP contribution in [-0.2, 0) is 14.3 Å². The topological polar surface area (TPSA) is 136 Å². The fraction of sp³-hybridized carbons (Fsp3) is 0.625. The summed E-state index contributed by atoms with van der Waals surface area (Å²) in [6.07, 6.45) is -4.25. The molecule has 2 saturated carbocycles. The van der Waals surface area contributed by atoms with Crippen molar-refractivity contribution < 1.29 is 34.1 Å². The van der Waals surface area contributed by atoms with Crippen molar-refractivity contribution in [3.8, 4) is 0 Å². The molecule has 8 heteroatoms. The Morgan fingerprint density at radius 3 is 2.50 bits per heavy atom. The zero-order chi connectivity index (χ0) is 12.1. The van der Waals surface area contributed by atoms with Gasteiger partial charge in [0.05, 0.1) is 18.3 Å². The molecule has 0 aliphatic heterocycles. The molecule has 88 valence electrons.